The predicted octanol–water partition coefficient (Wildman–Crippen LogP) is 3.71. The Hall–Kier alpha value is -4.05. The smallest absolute Gasteiger partial charge is 0.347 e. The third-order valence-electron chi connectivity index (χ3n) is 4.27. The summed E-state index contributed by atoms with van der Waals surface area (Å²) < 4.78 is 5.53. The standard InChI is InChI=1S/C21H20ClN5O5/c1-21(2,19(29)30)32-14-5-3-4-11(10-14)17-25-15(16(23)28)18(26-17)27-20(31)24-13-8-6-12(22)7-9-13/h3-10H,1-2H3,(H2,23,28)(H,25,26)(H,29,30)(H2,24,27,31). The van der Waals surface area contributed by atoms with Gasteiger partial charge in [0.05, 0.1) is 0 Å². The number of ether oxygens (including phenoxy) is 1. The van der Waals surface area contributed by atoms with E-state index in [0.29, 0.717) is 16.3 Å². The van der Waals surface area contributed by atoms with Crippen molar-refractivity contribution in [3.63, 3.8) is 0 Å². The van der Waals surface area contributed by atoms with Crippen LogP contribution in [0.3, 0.4) is 0 Å². The number of benzene rings is 2. The van der Waals surface area contributed by atoms with Crippen molar-refractivity contribution in [2.75, 3.05) is 10.6 Å². The number of H-pyrrole nitrogens is 1. The highest BCUT2D eigenvalue weighted by molar-refractivity contribution is 6.30. The summed E-state index contributed by atoms with van der Waals surface area (Å²) in [4.78, 5) is 42.5. The molecule has 0 fully saturated rings. The molecule has 0 saturated heterocycles. The zero-order chi connectivity index (χ0) is 23.5. The number of primary amides is 1. The van der Waals surface area contributed by atoms with Crippen molar-refractivity contribution in [1.82, 2.24) is 9.97 Å². The van der Waals surface area contributed by atoms with Gasteiger partial charge in [-0.15, -0.1) is 0 Å². The lowest BCUT2D eigenvalue weighted by Crippen LogP contribution is -2.37. The average molecular weight is 458 g/mol. The molecule has 1 aromatic heterocycles. The molecule has 166 valence electrons. The summed E-state index contributed by atoms with van der Waals surface area (Å²) in [5.74, 6) is -1.49. The zero-order valence-electron chi connectivity index (χ0n) is 17.1. The van der Waals surface area contributed by atoms with E-state index in [9.17, 15) is 19.5 Å². The minimum atomic E-state index is -1.45. The Morgan fingerprint density at radius 1 is 1.12 bits per heavy atom. The van der Waals surface area contributed by atoms with Crippen molar-refractivity contribution in [2.24, 2.45) is 5.73 Å². The SMILES string of the molecule is CC(C)(Oc1cccc(-c2nc(C(N)=O)c(NC(=O)Nc3ccc(Cl)cc3)[nH]2)c1)C(=O)O. The third-order valence-corrected chi connectivity index (χ3v) is 4.53. The molecule has 10 nitrogen and oxygen atoms in total. The summed E-state index contributed by atoms with van der Waals surface area (Å²) in [5, 5.41) is 14.9. The molecule has 0 radical (unpaired) electrons. The van der Waals surface area contributed by atoms with Gasteiger partial charge in [0.25, 0.3) is 5.91 Å². The molecule has 0 saturated carbocycles. The van der Waals surface area contributed by atoms with Crippen LogP contribution in [0.25, 0.3) is 11.4 Å². The van der Waals surface area contributed by atoms with Crippen molar-refractivity contribution in [2.45, 2.75) is 19.4 Å². The Morgan fingerprint density at radius 3 is 2.44 bits per heavy atom. The van der Waals surface area contributed by atoms with Crippen molar-refractivity contribution >= 4 is 41.0 Å². The number of nitrogens with one attached hydrogen (secondary N) is 3. The second-order valence-corrected chi connectivity index (χ2v) is 7.64. The second-order valence-electron chi connectivity index (χ2n) is 7.20. The lowest BCUT2D eigenvalue weighted by Gasteiger charge is -2.21. The summed E-state index contributed by atoms with van der Waals surface area (Å²) >= 11 is 5.83. The fraction of sp³-hybridized carbons (Fsp3) is 0.143. The largest absolute Gasteiger partial charge is 0.478 e. The monoisotopic (exact) mass is 457 g/mol. The average Bonchev–Trinajstić information content (AvgIpc) is 3.13. The van der Waals surface area contributed by atoms with Gasteiger partial charge in [-0.2, -0.15) is 0 Å². The number of hydrogen-bond donors (Lipinski definition) is 5. The van der Waals surface area contributed by atoms with Gasteiger partial charge in [-0.25, -0.2) is 14.6 Å². The number of rotatable bonds is 7. The fourth-order valence-corrected chi connectivity index (χ4v) is 2.76. The number of carbonyl (C=O) groups is 3. The molecule has 3 rings (SSSR count). The van der Waals surface area contributed by atoms with Gasteiger partial charge < -0.3 is 25.9 Å². The maximum atomic E-state index is 12.3. The van der Waals surface area contributed by atoms with Crippen molar-refractivity contribution < 1.29 is 24.2 Å². The van der Waals surface area contributed by atoms with E-state index in [2.05, 4.69) is 20.6 Å². The summed E-state index contributed by atoms with van der Waals surface area (Å²) in [6.45, 7) is 2.84. The van der Waals surface area contributed by atoms with Crippen LogP contribution in [-0.2, 0) is 4.79 Å². The number of carboxylic acid groups (broad SMARTS) is 1. The quantitative estimate of drug-likeness (QED) is 0.363. The normalized spacial score (nSPS) is 11.0. The number of nitrogens with two attached hydrogens (primary N) is 1. The third kappa shape index (κ3) is 5.35. The zero-order valence-corrected chi connectivity index (χ0v) is 17.9. The highest BCUT2D eigenvalue weighted by Gasteiger charge is 2.29. The van der Waals surface area contributed by atoms with Crippen molar-refractivity contribution in [3.8, 4) is 17.1 Å². The van der Waals surface area contributed by atoms with Gasteiger partial charge in [-0.1, -0.05) is 23.7 Å². The number of imidazole rings is 1. The van der Waals surface area contributed by atoms with Gasteiger partial charge in [0, 0.05) is 16.3 Å². The molecule has 11 heteroatoms. The molecule has 0 aliphatic carbocycles. The molecule has 0 aliphatic heterocycles. The number of hydrogen-bond acceptors (Lipinski definition) is 5. The fourth-order valence-electron chi connectivity index (χ4n) is 2.63. The molecule has 32 heavy (non-hydrogen) atoms. The summed E-state index contributed by atoms with van der Waals surface area (Å²) in [5.41, 5.74) is 4.74. The Kier molecular flexibility index (Phi) is 6.35. The number of aliphatic carboxylic acids is 1. The highest BCUT2D eigenvalue weighted by atomic mass is 35.5. The lowest BCUT2D eigenvalue weighted by atomic mass is 10.1. The summed E-state index contributed by atoms with van der Waals surface area (Å²) in [6.07, 6.45) is 0. The van der Waals surface area contributed by atoms with Crippen LogP contribution in [0.1, 0.15) is 24.3 Å². The van der Waals surface area contributed by atoms with Crippen LogP contribution < -0.4 is 21.1 Å². The van der Waals surface area contributed by atoms with E-state index >= 15 is 0 Å². The number of aromatic nitrogens is 2. The maximum absolute atomic E-state index is 12.3. The van der Waals surface area contributed by atoms with E-state index < -0.39 is 23.5 Å². The van der Waals surface area contributed by atoms with E-state index in [0.717, 1.165) is 0 Å². The van der Waals surface area contributed by atoms with Crippen LogP contribution in [-0.4, -0.2) is 38.6 Å². The lowest BCUT2D eigenvalue weighted by molar-refractivity contribution is -0.152. The molecule has 0 bridgehead atoms. The second kappa shape index (κ2) is 8.98. The Labute approximate surface area is 187 Å². The number of carboxylic acids is 1. The molecule has 1 heterocycles. The van der Waals surface area contributed by atoms with Gasteiger partial charge in [-0.3, -0.25) is 10.1 Å². The Morgan fingerprint density at radius 2 is 1.81 bits per heavy atom. The highest BCUT2D eigenvalue weighted by Crippen LogP contribution is 2.27. The first-order chi connectivity index (χ1) is 15.0. The Balaban J connectivity index is 1.84. The van der Waals surface area contributed by atoms with Crippen LogP contribution in [0, 0.1) is 0 Å². The van der Waals surface area contributed by atoms with Gasteiger partial charge in [0.15, 0.2) is 11.3 Å². The number of urea groups is 1. The van der Waals surface area contributed by atoms with Crippen LogP contribution in [0.4, 0.5) is 16.3 Å². The topological polar surface area (TPSA) is 159 Å². The molecule has 3 amide bonds. The van der Waals surface area contributed by atoms with E-state index in [1.54, 1.807) is 48.5 Å². The molecule has 2 aromatic carbocycles. The van der Waals surface area contributed by atoms with E-state index in [4.69, 9.17) is 22.1 Å². The first-order valence-electron chi connectivity index (χ1n) is 9.31. The van der Waals surface area contributed by atoms with Crippen molar-refractivity contribution in [1.29, 1.82) is 0 Å². The van der Waals surface area contributed by atoms with Crippen LogP contribution in [0.2, 0.25) is 5.02 Å². The first kappa shape index (κ1) is 22.6. The molecule has 0 aliphatic rings. The molecular weight excluding hydrogens is 438 g/mol. The molecule has 0 unspecified atom stereocenters. The minimum Gasteiger partial charge on any atom is -0.478 e. The number of aromatic amines is 1. The van der Waals surface area contributed by atoms with E-state index in [1.807, 2.05) is 0 Å². The van der Waals surface area contributed by atoms with E-state index in [-0.39, 0.29) is 23.1 Å². The minimum absolute atomic E-state index is 0.00356. The van der Waals surface area contributed by atoms with Gasteiger partial charge in [0.2, 0.25) is 0 Å². The molecule has 0 atom stereocenters. The molecule has 3 aromatic rings. The number of carbonyl (C=O) groups excluding carboxylic acids is 2. The van der Waals surface area contributed by atoms with Crippen molar-refractivity contribution in [3.05, 3.63) is 59.2 Å². The van der Waals surface area contributed by atoms with Crippen LogP contribution in [0.15, 0.2) is 48.5 Å². The van der Waals surface area contributed by atoms with Gasteiger partial charge >= 0.3 is 12.0 Å². The maximum Gasteiger partial charge on any atom is 0.347 e. The van der Waals surface area contributed by atoms with Crippen LogP contribution >= 0.6 is 11.6 Å². The number of anilines is 2. The first-order valence-corrected chi connectivity index (χ1v) is 9.69. The number of halogens is 1. The summed E-state index contributed by atoms with van der Waals surface area (Å²) in [7, 11) is 0. The van der Waals surface area contributed by atoms with Crippen LogP contribution in [0.5, 0.6) is 5.75 Å². The summed E-state index contributed by atoms with van der Waals surface area (Å²) in [6, 6.07) is 12.2. The molecule has 0 spiro atoms. The number of nitrogens with zero attached hydrogens (tertiary/aromatic N) is 1. The van der Waals surface area contributed by atoms with Gasteiger partial charge in [0.1, 0.15) is 17.4 Å². The predicted molar refractivity (Wildman–Crippen MR) is 119 cm³/mol. The Bertz CT molecular complexity index is 1170. The van der Waals surface area contributed by atoms with Gasteiger partial charge in [-0.05, 0) is 50.2 Å². The van der Waals surface area contributed by atoms with E-state index in [1.165, 1.54) is 13.8 Å². The molecule has 6 N–H and O–H groups in total. The number of amides is 3. The molecular formula is C21H20ClN5O5.